The molecule has 3 aromatic carbocycles. The van der Waals surface area contributed by atoms with Gasteiger partial charge in [0.2, 0.25) is 0 Å². The molecular formula is C30H32N2O2. The molecule has 1 heterocycles. The normalized spacial score (nSPS) is 10.9. The lowest BCUT2D eigenvalue weighted by Crippen LogP contribution is -2.13. The number of ether oxygens (including phenoxy) is 1. The summed E-state index contributed by atoms with van der Waals surface area (Å²) >= 11 is 0. The summed E-state index contributed by atoms with van der Waals surface area (Å²) in [6, 6.07) is 28.0. The first-order valence-electron chi connectivity index (χ1n) is 12.0. The van der Waals surface area contributed by atoms with Crippen LogP contribution < -0.4 is 10.5 Å². The number of unbranched alkanes of at least 4 members (excludes halogenated alkanes) is 2. The van der Waals surface area contributed by atoms with Crippen molar-refractivity contribution in [1.29, 1.82) is 0 Å². The lowest BCUT2D eigenvalue weighted by Gasteiger charge is -2.14. The molecule has 0 fully saturated rings. The Morgan fingerprint density at radius 2 is 1.56 bits per heavy atom. The van der Waals surface area contributed by atoms with E-state index in [0.717, 1.165) is 59.7 Å². The molecule has 4 rings (SSSR count). The standard InChI is InChI=1S/C30H32N2O2/c1-3-4-7-19-27-29(24-15-12-18-26(20-24)34-25-16-10-6-11-17-25)28(30(31)33)22(2)32(27)21-23-13-8-5-9-14-23/h5-6,8-18,20H,3-4,7,19,21H2,1-2H3,(H2,31,33). The minimum atomic E-state index is -0.398. The van der Waals surface area contributed by atoms with E-state index in [4.69, 9.17) is 10.5 Å². The van der Waals surface area contributed by atoms with E-state index in [1.165, 1.54) is 5.56 Å². The van der Waals surface area contributed by atoms with E-state index in [1.807, 2.05) is 79.7 Å². The van der Waals surface area contributed by atoms with Crippen molar-refractivity contribution in [3.63, 3.8) is 0 Å². The van der Waals surface area contributed by atoms with Gasteiger partial charge in [-0.3, -0.25) is 4.79 Å². The van der Waals surface area contributed by atoms with Gasteiger partial charge in [-0.05, 0) is 55.2 Å². The number of amides is 1. The predicted molar refractivity (Wildman–Crippen MR) is 138 cm³/mol. The number of benzene rings is 3. The van der Waals surface area contributed by atoms with E-state index >= 15 is 0 Å². The third-order valence-electron chi connectivity index (χ3n) is 6.18. The van der Waals surface area contributed by atoms with Crippen molar-refractivity contribution in [2.75, 3.05) is 0 Å². The van der Waals surface area contributed by atoms with Crippen molar-refractivity contribution in [1.82, 2.24) is 4.57 Å². The number of nitrogens with two attached hydrogens (primary N) is 1. The monoisotopic (exact) mass is 452 g/mol. The number of hydrogen-bond donors (Lipinski definition) is 1. The summed E-state index contributed by atoms with van der Waals surface area (Å²) in [6.07, 6.45) is 4.21. The Morgan fingerprint density at radius 1 is 0.882 bits per heavy atom. The maximum absolute atomic E-state index is 12.7. The van der Waals surface area contributed by atoms with E-state index in [9.17, 15) is 4.79 Å². The Bertz CT molecular complexity index is 1240. The van der Waals surface area contributed by atoms with E-state index in [1.54, 1.807) is 0 Å². The number of rotatable bonds is 10. The van der Waals surface area contributed by atoms with E-state index < -0.39 is 5.91 Å². The molecule has 4 aromatic rings. The van der Waals surface area contributed by atoms with Crippen molar-refractivity contribution in [3.8, 4) is 22.6 Å². The average Bonchev–Trinajstić information content (AvgIpc) is 3.12. The number of para-hydroxylation sites is 1. The van der Waals surface area contributed by atoms with Gasteiger partial charge in [-0.1, -0.05) is 80.4 Å². The first-order valence-corrected chi connectivity index (χ1v) is 12.0. The highest BCUT2D eigenvalue weighted by atomic mass is 16.5. The maximum Gasteiger partial charge on any atom is 0.251 e. The summed E-state index contributed by atoms with van der Waals surface area (Å²) in [4.78, 5) is 12.7. The van der Waals surface area contributed by atoms with Crippen molar-refractivity contribution in [2.24, 2.45) is 5.73 Å². The van der Waals surface area contributed by atoms with Gasteiger partial charge in [-0.2, -0.15) is 0 Å². The first kappa shape index (κ1) is 23.4. The predicted octanol–water partition coefficient (Wildman–Crippen LogP) is 7.14. The summed E-state index contributed by atoms with van der Waals surface area (Å²) in [5.41, 5.74) is 11.7. The second-order valence-electron chi connectivity index (χ2n) is 8.62. The van der Waals surface area contributed by atoms with Crippen LogP contribution >= 0.6 is 0 Å². The minimum Gasteiger partial charge on any atom is -0.457 e. The number of nitrogens with zero attached hydrogens (tertiary/aromatic N) is 1. The van der Waals surface area contributed by atoms with Gasteiger partial charge in [-0.15, -0.1) is 0 Å². The fourth-order valence-corrected chi connectivity index (χ4v) is 4.53. The Kier molecular flexibility index (Phi) is 7.48. The molecule has 2 N–H and O–H groups in total. The van der Waals surface area contributed by atoms with Crippen molar-refractivity contribution in [3.05, 3.63) is 107 Å². The van der Waals surface area contributed by atoms with Crippen LogP contribution in [0, 0.1) is 6.92 Å². The van der Waals surface area contributed by atoms with Crippen LogP contribution in [0.1, 0.15) is 53.5 Å². The van der Waals surface area contributed by atoms with Crippen LogP contribution in [0.25, 0.3) is 11.1 Å². The SMILES string of the molecule is CCCCCc1c(-c2cccc(Oc3ccccc3)c2)c(C(N)=O)c(C)n1Cc1ccccc1. The van der Waals surface area contributed by atoms with Crippen molar-refractivity contribution >= 4 is 5.91 Å². The number of carbonyl (C=O) groups excluding carboxylic acids is 1. The van der Waals surface area contributed by atoms with Gasteiger partial charge in [-0.25, -0.2) is 0 Å². The lowest BCUT2D eigenvalue weighted by molar-refractivity contribution is 0.1000. The highest BCUT2D eigenvalue weighted by Gasteiger charge is 2.25. The van der Waals surface area contributed by atoms with E-state index in [2.05, 4.69) is 23.6 Å². The molecule has 4 nitrogen and oxygen atoms in total. The molecule has 0 aliphatic carbocycles. The van der Waals surface area contributed by atoms with Crippen LogP contribution in [0.4, 0.5) is 0 Å². The molecule has 0 radical (unpaired) electrons. The molecule has 34 heavy (non-hydrogen) atoms. The number of carbonyl (C=O) groups is 1. The molecule has 0 saturated carbocycles. The van der Waals surface area contributed by atoms with Crippen LogP contribution in [-0.4, -0.2) is 10.5 Å². The van der Waals surface area contributed by atoms with Crippen LogP contribution in [-0.2, 0) is 13.0 Å². The van der Waals surface area contributed by atoms with Gasteiger partial charge >= 0.3 is 0 Å². The molecule has 0 atom stereocenters. The molecule has 0 bridgehead atoms. The zero-order valence-corrected chi connectivity index (χ0v) is 20.0. The molecule has 0 aliphatic heterocycles. The largest absolute Gasteiger partial charge is 0.457 e. The second-order valence-corrected chi connectivity index (χ2v) is 8.62. The first-order chi connectivity index (χ1) is 16.6. The van der Waals surface area contributed by atoms with Crippen LogP contribution in [0.5, 0.6) is 11.5 Å². The highest BCUT2D eigenvalue weighted by molar-refractivity contribution is 6.02. The quantitative estimate of drug-likeness (QED) is 0.260. The minimum absolute atomic E-state index is 0.398. The zero-order chi connectivity index (χ0) is 23.9. The third-order valence-corrected chi connectivity index (χ3v) is 6.18. The zero-order valence-electron chi connectivity index (χ0n) is 20.0. The fourth-order valence-electron chi connectivity index (χ4n) is 4.53. The number of aromatic nitrogens is 1. The molecule has 174 valence electrons. The van der Waals surface area contributed by atoms with Crippen molar-refractivity contribution in [2.45, 2.75) is 46.1 Å². The van der Waals surface area contributed by atoms with Gasteiger partial charge in [0.1, 0.15) is 11.5 Å². The molecule has 0 unspecified atom stereocenters. The summed E-state index contributed by atoms with van der Waals surface area (Å²) < 4.78 is 8.36. The Labute approximate surface area is 202 Å². The Morgan fingerprint density at radius 3 is 2.24 bits per heavy atom. The van der Waals surface area contributed by atoms with Gasteiger partial charge in [0.25, 0.3) is 5.91 Å². The van der Waals surface area contributed by atoms with E-state index in [0.29, 0.717) is 12.1 Å². The topological polar surface area (TPSA) is 57.2 Å². The molecule has 4 heteroatoms. The van der Waals surface area contributed by atoms with Crippen LogP contribution in [0.2, 0.25) is 0 Å². The molecule has 1 aromatic heterocycles. The Balaban J connectivity index is 1.82. The van der Waals surface area contributed by atoms with Gasteiger partial charge < -0.3 is 15.0 Å². The number of primary amides is 1. The summed E-state index contributed by atoms with van der Waals surface area (Å²) in [5, 5.41) is 0. The number of hydrogen-bond acceptors (Lipinski definition) is 2. The van der Waals surface area contributed by atoms with Crippen LogP contribution in [0.3, 0.4) is 0 Å². The summed E-state index contributed by atoms with van der Waals surface area (Å²) in [6.45, 7) is 4.91. The highest BCUT2D eigenvalue weighted by Crippen LogP contribution is 2.36. The lowest BCUT2D eigenvalue weighted by atomic mass is 9.97. The summed E-state index contributed by atoms with van der Waals surface area (Å²) in [5.74, 6) is 1.10. The van der Waals surface area contributed by atoms with E-state index in [-0.39, 0.29) is 0 Å². The maximum atomic E-state index is 12.7. The van der Waals surface area contributed by atoms with Gasteiger partial charge in [0.15, 0.2) is 0 Å². The Hall–Kier alpha value is -3.79. The molecular weight excluding hydrogens is 420 g/mol. The molecule has 0 spiro atoms. The van der Waals surface area contributed by atoms with Gasteiger partial charge in [0, 0.05) is 23.5 Å². The smallest absolute Gasteiger partial charge is 0.251 e. The average molecular weight is 453 g/mol. The summed E-state index contributed by atoms with van der Waals surface area (Å²) in [7, 11) is 0. The third kappa shape index (κ3) is 5.23. The van der Waals surface area contributed by atoms with Crippen molar-refractivity contribution < 1.29 is 9.53 Å². The van der Waals surface area contributed by atoms with Crippen LogP contribution in [0.15, 0.2) is 84.9 Å². The second kappa shape index (κ2) is 10.9. The molecule has 1 amide bonds. The van der Waals surface area contributed by atoms with Gasteiger partial charge in [0.05, 0.1) is 5.56 Å². The molecule has 0 aliphatic rings. The molecule has 0 saturated heterocycles. The fraction of sp³-hybridized carbons (Fsp3) is 0.233.